The molecule has 0 saturated carbocycles. The zero-order valence-electron chi connectivity index (χ0n) is 25.1. The maximum atomic E-state index is 5.21. The zero-order valence-corrected chi connectivity index (χ0v) is 25.9. The first-order valence-corrected chi connectivity index (χ1v) is 16.4. The largest absolute Gasteiger partial charge is 0.316 e. The van der Waals surface area contributed by atoms with Crippen LogP contribution in [0.2, 0.25) is 0 Å². The van der Waals surface area contributed by atoms with Gasteiger partial charge in [0, 0.05) is 59.3 Å². The Hall–Kier alpha value is -6.11. The van der Waals surface area contributed by atoms with Crippen LogP contribution >= 0.6 is 11.3 Å². The number of hydrogen-bond donors (Lipinski definition) is 0. The average Bonchev–Trinajstić information content (AvgIpc) is 3.83. The summed E-state index contributed by atoms with van der Waals surface area (Å²) in [6.07, 6.45) is 2.16. The first-order chi connectivity index (χ1) is 23.3. The lowest BCUT2D eigenvalue weighted by molar-refractivity contribution is 0.955. The number of thiophene rings is 1. The molecule has 220 valence electrons. The van der Waals surface area contributed by atoms with Crippen molar-refractivity contribution in [3.05, 3.63) is 152 Å². The topological polar surface area (TPSA) is 48.5 Å². The van der Waals surface area contributed by atoms with Gasteiger partial charge in [-0.15, -0.1) is 11.3 Å². The van der Waals surface area contributed by atoms with Gasteiger partial charge in [-0.05, 0) is 42.5 Å². The maximum absolute atomic E-state index is 5.21. The summed E-state index contributed by atoms with van der Waals surface area (Å²) >= 11 is 1.84. The molecule has 0 radical (unpaired) electrons. The van der Waals surface area contributed by atoms with E-state index in [4.69, 9.17) is 15.0 Å². The molecule has 0 atom stereocenters. The first kappa shape index (κ1) is 26.1. The van der Waals surface area contributed by atoms with Crippen LogP contribution < -0.4 is 0 Å². The van der Waals surface area contributed by atoms with Crippen LogP contribution in [0, 0.1) is 0 Å². The summed E-state index contributed by atoms with van der Waals surface area (Å²) in [5.74, 6) is 1.87. The predicted octanol–water partition coefficient (Wildman–Crippen LogP) is 10.6. The van der Waals surface area contributed by atoms with Crippen molar-refractivity contribution in [1.82, 2.24) is 24.1 Å². The average molecular weight is 620 g/mol. The van der Waals surface area contributed by atoms with Crippen molar-refractivity contribution in [1.29, 1.82) is 0 Å². The fourth-order valence-corrected chi connectivity index (χ4v) is 7.99. The Kier molecular flexibility index (Phi) is 5.68. The molecule has 0 amide bonds. The SMILES string of the molecule is c1ccc(-c2nc(-c3ccccc3)nc(-n3c4cc5c(cc4c4ccc6c(ccn6-c6ccccc6)c43)sc3ccccc35)n2)cc1. The van der Waals surface area contributed by atoms with Crippen molar-refractivity contribution < 1.29 is 0 Å². The molecule has 0 aliphatic carbocycles. The van der Waals surface area contributed by atoms with E-state index in [0.29, 0.717) is 17.6 Å². The monoisotopic (exact) mass is 619 g/mol. The smallest absolute Gasteiger partial charge is 0.238 e. The third-order valence-electron chi connectivity index (χ3n) is 9.02. The van der Waals surface area contributed by atoms with Gasteiger partial charge in [-0.25, -0.2) is 4.98 Å². The van der Waals surface area contributed by atoms with Gasteiger partial charge in [-0.2, -0.15) is 9.97 Å². The Labute approximate surface area is 273 Å². The van der Waals surface area contributed by atoms with E-state index >= 15 is 0 Å². The van der Waals surface area contributed by atoms with Gasteiger partial charge >= 0.3 is 0 Å². The lowest BCUT2D eigenvalue weighted by Crippen LogP contribution is -2.06. The highest BCUT2D eigenvalue weighted by Crippen LogP contribution is 2.42. The highest BCUT2D eigenvalue weighted by molar-refractivity contribution is 7.25. The molecular formula is C41H25N5S. The van der Waals surface area contributed by atoms with Crippen LogP contribution in [-0.4, -0.2) is 24.1 Å². The van der Waals surface area contributed by atoms with Gasteiger partial charge < -0.3 is 4.57 Å². The highest BCUT2D eigenvalue weighted by atomic mass is 32.1. The summed E-state index contributed by atoms with van der Waals surface area (Å²) in [7, 11) is 0. The van der Waals surface area contributed by atoms with Crippen molar-refractivity contribution >= 4 is 64.2 Å². The summed E-state index contributed by atoms with van der Waals surface area (Å²) in [5.41, 5.74) is 6.29. The van der Waals surface area contributed by atoms with E-state index in [0.717, 1.165) is 38.8 Å². The Morgan fingerprint density at radius 2 is 1.11 bits per heavy atom. The van der Waals surface area contributed by atoms with E-state index in [1.54, 1.807) is 0 Å². The Balaban J connectivity index is 1.36. The number of rotatable bonds is 4. The Bertz CT molecular complexity index is 2720. The third kappa shape index (κ3) is 4.05. The van der Waals surface area contributed by atoms with Gasteiger partial charge in [0.1, 0.15) is 0 Å². The Morgan fingerprint density at radius 3 is 1.83 bits per heavy atom. The molecule has 0 aliphatic heterocycles. The van der Waals surface area contributed by atoms with E-state index in [2.05, 4.69) is 125 Å². The molecule has 10 rings (SSSR count). The molecule has 0 unspecified atom stereocenters. The molecular weight excluding hydrogens is 595 g/mol. The van der Waals surface area contributed by atoms with Crippen LogP contribution in [-0.2, 0) is 0 Å². The number of fused-ring (bicyclic) bond motifs is 8. The van der Waals surface area contributed by atoms with E-state index < -0.39 is 0 Å². The van der Waals surface area contributed by atoms with Gasteiger partial charge in [0.15, 0.2) is 11.6 Å². The predicted molar refractivity (Wildman–Crippen MR) is 195 cm³/mol. The van der Waals surface area contributed by atoms with Crippen molar-refractivity contribution in [2.75, 3.05) is 0 Å². The fourth-order valence-electron chi connectivity index (χ4n) is 6.86. The van der Waals surface area contributed by atoms with Crippen LogP contribution in [0.25, 0.3) is 87.3 Å². The fraction of sp³-hybridized carbons (Fsp3) is 0. The van der Waals surface area contributed by atoms with Crippen molar-refractivity contribution in [2.24, 2.45) is 0 Å². The van der Waals surface area contributed by atoms with Gasteiger partial charge in [-0.1, -0.05) is 103 Å². The molecule has 0 saturated heterocycles. The van der Waals surface area contributed by atoms with Crippen LogP contribution in [0.15, 0.2) is 152 Å². The standard InChI is InChI=1S/C41H25N5S/c1-4-12-26(13-5-1)39-42-40(27-14-6-2-7-15-27)44-41(43-39)46-35-24-33-29-18-10-11-19-36(29)47-37(33)25-32(35)30-20-21-34-31(38(30)46)22-23-45(34)28-16-8-3-9-17-28/h1-25H. The zero-order chi connectivity index (χ0) is 30.9. The van der Waals surface area contributed by atoms with Crippen molar-refractivity contribution in [2.45, 2.75) is 0 Å². The second-order valence-electron chi connectivity index (χ2n) is 11.7. The molecule has 4 heterocycles. The molecule has 0 bridgehead atoms. The van der Waals surface area contributed by atoms with Crippen molar-refractivity contribution in [3.8, 4) is 34.4 Å². The second-order valence-corrected chi connectivity index (χ2v) is 12.8. The third-order valence-corrected chi connectivity index (χ3v) is 10.1. The van der Waals surface area contributed by atoms with Gasteiger partial charge in [0.25, 0.3) is 0 Å². The molecule has 0 aliphatic rings. The van der Waals surface area contributed by atoms with Crippen LogP contribution in [0.3, 0.4) is 0 Å². The van der Waals surface area contributed by atoms with E-state index in [1.165, 1.54) is 30.9 Å². The van der Waals surface area contributed by atoms with Crippen LogP contribution in [0.4, 0.5) is 0 Å². The van der Waals surface area contributed by atoms with Gasteiger partial charge in [0.05, 0.1) is 16.6 Å². The lowest BCUT2D eigenvalue weighted by atomic mass is 10.1. The Morgan fingerprint density at radius 1 is 0.447 bits per heavy atom. The second kappa shape index (κ2) is 10.2. The number of nitrogens with zero attached hydrogens (tertiary/aromatic N) is 5. The molecule has 10 aromatic rings. The van der Waals surface area contributed by atoms with Crippen LogP contribution in [0.5, 0.6) is 0 Å². The molecule has 5 nitrogen and oxygen atoms in total. The van der Waals surface area contributed by atoms with Crippen molar-refractivity contribution in [3.63, 3.8) is 0 Å². The normalized spacial score (nSPS) is 11.8. The first-order valence-electron chi connectivity index (χ1n) is 15.6. The van der Waals surface area contributed by atoms with Crippen LogP contribution in [0.1, 0.15) is 0 Å². The highest BCUT2D eigenvalue weighted by Gasteiger charge is 2.22. The summed E-state index contributed by atoms with van der Waals surface area (Å²) in [5, 5.41) is 5.98. The molecule has 0 fully saturated rings. The summed E-state index contributed by atoms with van der Waals surface area (Å²) in [6.45, 7) is 0. The number of hydrogen-bond acceptors (Lipinski definition) is 4. The summed E-state index contributed by atoms with van der Waals surface area (Å²) < 4.78 is 7.06. The quantitative estimate of drug-likeness (QED) is 0.197. The lowest BCUT2D eigenvalue weighted by Gasteiger charge is -2.12. The summed E-state index contributed by atoms with van der Waals surface area (Å²) in [6, 6.07) is 50.9. The maximum Gasteiger partial charge on any atom is 0.238 e. The molecule has 47 heavy (non-hydrogen) atoms. The van der Waals surface area contributed by atoms with E-state index in [-0.39, 0.29) is 0 Å². The van der Waals surface area contributed by atoms with E-state index in [1.807, 2.05) is 47.7 Å². The number of benzene rings is 6. The molecule has 6 heteroatoms. The molecule has 0 spiro atoms. The van der Waals surface area contributed by atoms with E-state index in [9.17, 15) is 0 Å². The van der Waals surface area contributed by atoms with Gasteiger partial charge in [-0.3, -0.25) is 4.57 Å². The minimum Gasteiger partial charge on any atom is -0.316 e. The molecule has 4 aromatic heterocycles. The molecule has 6 aromatic carbocycles. The molecule has 0 N–H and O–H groups in total. The minimum absolute atomic E-state index is 0.594. The minimum atomic E-state index is 0.594. The number of para-hydroxylation sites is 1. The van der Waals surface area contributed by atoms with Gasteiger partial charge in [0.2, 0.25) is 5.95 Å². The summed E-state index contributed by atoms with van der Waals surface area (Å²) in [4.78, 5) is 15.4. The number of aromatic nitrogens is 5.